The number of benzene rings is 1. The lowest BCUT2D eigenvalue weighted by molar-refractivity contribution is -0.145. The summed E-state index contributed by atoms with van der Waals surface area (Å²) in [6, 6.07) is 6.82. The number of nitrogens with zero attached hydrogens (tertiary/aromatic N) is 2. The number of carbonyl (C=O) groups is 1. The van der Waals surface area contributed by atoms with E-state index in [-0.39, 0.29) is 17.7 Å². The first kappa shape index (κ1) is 18.3. The minimum atomic E-state index is -0.580. The van der Waals surface area contributed by atoms with Crippen LogP contribution in [-0.2, 0) is 11.3 Å². The third-order valence-electron chi connectivity index (χ3n) is 6.64. The lowest BCUT2D eigenvalue weighted by Gasteiger charge is -2.42. The highest BCUT2D eigenvalue weighted by molar-refractivity contribution is 6.31. The fraction of sp³-hybridized carbons (Fsp3) is 0.667. The maximum absolute atomic E-state index is 12.5. The Morgan fingerprint density at radius 3 is 2.62 bits per heavy atom. The monoisotopic (exact) mass is 376 g/mol. The highest BCUT2D eigenvalue weighted by Crippen LogP contribution is 2.44. The fourth-order valence-electron chi connectivity index (χ4n) is 4.76. The molecule has 4 atom stereocenters. The molecule has 3 fully saturated rings. The number of hydrogen-bond acceptors (Lipinski definition) is 3. The largest absolute Gasteiger partial charge is 0.392 e. The fourth-order valence-corrected chi connectivity index (χ4v) is 5.01. The Hall–Kier alpha value is -1.10. The zero-order chi connectivity index (χ0) is 18.3. The van der Waals surface area contributed by atoms with Crippen molar-refractivity contribution in [3.8, 4) is 0 Å². The van der Waals surface area contributed by atoms with Gasteiger partial charge in [0.1, 0.15) is 0 Å². The Balaban J connectivity index is 1.39. The molecule has 3 aliphatic rings. The van der Waals surface area contributed by atoms with E-state index in [1.54, 1.807) is 0 Å². The molecule has 1 aliphatic carbocycles. The lowest BCUT2D eigenvalue weighted by atomic mass is 9.68. The summed E-state index contributed by atoms with van der Waals surface area (Å²) in [5, 5.41) is 11.4. The van der Waals surface area contributed by atoms with Crippen LogP contribution < -0.4 is 0 Å². The molecule has 142 valence electrons. The predicted octanol–water partition coefficient (Wildman–Crippen LogP) is 3.41. The van der Waals surface area contributed by atoms with Crippen molar-refractivity contribution in [2.24, 2.45) is 5.92 Å². The van der Waals surface area contributed by atoms with Crippen LogP contribution in [0, 0.1) is 5.92 Å². The Bertz CT molecular complexity index is 674. The zero-order valence-corrected chi connectivity index (χ0v) is 16.3. The van der Waals surface area contributed by atoms with Crippen LogP contribution in [0.5, 0.6) is 0 Å². The lowest BCUT2D eigenvalue weighted by Crippen LogP contribution is -2.49. The minimum absolute atomic E-state index is 0.0313. The van der Waals surface area contributed by atoms with Crippen molar-refractivity contribution < 1.29 is 9.90 Å². The van der Waals surface area contributed by atoms with Gasteiger partial charge in [0.15, 0.2) is 0 Å². The number of carbonyl (C=O) groups excluding carboxylic acids is 1. The number of amides is 1. The second kappa shape index (κ2) is 7.49. The van der Waals surface area contributed by atoms with E-state index in [2.05, 4.69) is 24.0 Å². The first-order valence-corrected chi connectivity index (χ1v) is 10.4. The van der Waals surface area contributed by atoms with Crippen molar-refractivity contribution in [3.05, 3.63) is 34.3 Å². The second-order valence-electron chi connectivity index (χ2n) is 8.28. The van der Waals surface area contributed by atoms with Gasteiger partial charge < -0.3 is 10.0 Å². The van der Waals surface area contributed by atoms with Gasteiger partial charge in [-0.25, -0.2) is 0 Å². The summed E-state index contributed by atoms with van der Waals surface area (Å²) in [4.78, 5) is 16.9. The first-order chi connectivity index (χ1) is 12.5. The molecule has 2 aliphatic heterocycles. The van der Waals surface area contributed by atoms with Crippen LogP contribution in [0.3, 0.4) is 0 Å². The van der Waals surface area contributed by atoms with Gasteiger partial charge in [-0.2, -0.15) is 0 Å². The number of hydrogen-bond donors (Lipinski definition) is 1. The smallest absolute Gasteiger partial charge is 0.228 e. The number of aliphatic hydroxyl groups is 1. The van der Waals surface area contributed by atoms with Crippen molar-refractivity contribution >= 4 is 17.5 Å². The maximum atomic E-state index is 12.5. The number of halogens is 1. The van der Waals surface area contributed by atoms with E-state index >= 15 is 0 Å². The third kappa shape index (κ3) is 3.39. The summed E-state index contributed by atoms with van der Waals surface area (Å²) in [7, 11) is 0. The van der Waals surface area contributed by atoms with Gasteiger partial charge in [0.2, 0.25) is 5.91 Å². The van der Waals surface area contributed by atoms with Crippen LogP contribution in [0.25, 0.3) is 0 Å². The third-order valence-corrected chi connectivity index (χ3v) is 6.99. The van der Waals surface area contributed by atoms with Crippen molar-refractivity contribution in [1.82, 2.24) is 9.80 Å². The summed E-state index contributed by atoms with van der Waals surface area (Å²) in [5.41, 5.74) is 2.22. The van der Waals surface area contributed by atoms with Crippen LogP contribution in [-0.4, -0.2) is 52.6 Å². The molecule has 4 nitrogen and oxygen atoms in total. The number of likely N-dealkylation sites (tertiary alicyclic amines) is 2. The average Bonchev–Trinajstić information content (AvgIpc) is 3.28. The standard InChI is InChI=1S/C21H29ClN2O2/c1-14-5-4-10-24(14)13-16-7-6-15(11-19(16)22)17-12-18(20(17)25)21(26)23-8-2-3-9-23/h6-7,11,14,17-18,20,25H,2-5,8-10,12-13H2,1H3/t14-,17?,18?,20?/m1/s1. The van der Waals surface area contributed by atoms with Gasteiger partial charge in [-0.1, -0.05) is 23.7 Å². The Morgan fingerprint density at radius 2 is 2.00 bits per heavy atom. The molecule has 1 amide bonds. The van der Waals surface area contributed by atoms with E-state index in [4.69, 9.17) is 11.6 Å². The van der Waals surface area contributed by atoms with Gasteiger partial charge >= 0.3 is 0 Å². The summed E-state index contributed by atoms with van der Waals surface area (Å²) >= 11 is 6.55. The number of aliphatic hydroxyl groups excluding tert-OH is 1. The minimum Gasteiger partial charge on any atom is -0.392 e. The van der Waals surface area contributed by atoms with E-state index in [0.29, 0.717) is 6.04 Å². The topological polar surface area (TPSA) is 43.8 Å². The van der Waals surface area contributed by atoms with Crippen LogP contribution in [0.4, 0.5) is 0 Å². The van der Waals surface area contributed by atoms with Gasteiger partial charge in [0.25, 0.3) is 0 Å². The SMILES string of the molecule is C[C@@H]1CCCN1Cc1ccc(C2CC(C(=O)N3CCCC3)C2O)cc1Cl. The first-order valence-electron chi connectivity index (χ1n) is 10.0. The molecule has 2 saturated heterocycles. The molecule has 2 heterocycles. The molecule has 4 rings (SSSR count). The van der Waals surface area contributed by atoms with Crippen LogP contribution in [0.15, 0.2) is 18.2 Å². The normalized spacial score (nSPS) is 32.0. The van der Waals surface area contributed by atoms with Crippen molar-refractivity contribution in [2.45, 2.75) is 63.6 Å². The van der Waals surface area contributed by atoms with E-state index in [1.807, 2.05) is 11.0 Å². The van der Waals surface area contributed by atoms with Crippen LogP contribution in [0.2, 0.25) is 5.02 Å². The van der Waals surface area contributed by atoms with Gasteiger partial charge in [-0.15, -0.1) is 0 Å². The average molecular weight is 377 g/mol. The Kier molecular flexibility index (Phi) is 5.27. The van der Waals surface area contributed by atoms with Gasteiger partial charge in [0, 0.05) is 36.6 Å². The van der Waals surface area contributed by atoms with E-state index in [0.717, 1.165) is 61.6 Å². The summed E-state index contributed by atoms with van der Waals surface area (Å²) in [6.07, 6.45) is 4.85. The molecule has 1 saturated carbocycles. The zero-order valence-electron chi connectivity index (χ0n) is 15.5. The Morgan fingerprint density at radius 1 is 1.23 bits per heavy atom. The van der Waals surface area contributed by atoms with E-state index < -0.39 is 6.10 Å². The molecular formula is C21H29ClN2O2. The molecule has 1 aromatic rings. The summed E-state index contributed by atoms with van der Waals surface area (Å²) in [5.74, 6) is -0.0668. The quantitative estimate of drug-likeness (QED) is 0.875. The van der Waals surface area contributed by atoms with E-state index in [9.17, 15) is 9.90 Å². The molecule has 1 N–H and O–H groups in total. The maximum Gasteiger partial charge on any atom is 0.228 e. The number of rotatable bonds is 4. The van der Waals surface area contributed by atoms with Crippen molar-refractivity contribution in [3.63, 3.8) is 0 Å². The highest BCUT2D eigenvalue weighted by atomic mass is 35.5. The second-order valence-corrected chi connectivity index (χ2v) is 8.69. The molecular weight excluding hydrogens is 348 g/mol. The molecule has 0 bridgehead atoms. The van der Waals surface area contributed by atoms with Crippen molar-refractivity contribution in [1.29, 1.82) is 0 Å². The van der Waals surface area contributed by atoms with Crippen molar-refractivity contribution in [2.75, 3.05) is 19.6 Å². The van der Waals surface area contributed by atoms with Crippen LogP contribution in [0.1, 0.15) is 56.1 Å². The molecule has 3 unspecified atom stereocenters. The molecule has 1 aromatic carbocycles. The summed E-state index contributed by atoms with van der Waals surface area (Å²) < 4.78 is 0. The van der Waals surface area contributed by atoms with E-state index in [1.165, 1.54) is 12.8 Å². The molecule has 0 aromatic heterocycles. The molecule has 26 heavy (non-hydrogen) atoms. The summed E-state index contributed by atoms with van der Waals surface area (Å²) in [6.45, 7) is 6.01. The van der Waals surface area contributed by atoms with Gasteiger partial charge in [-0.05, 0) is 62.8 Å². The van der Waals surface area contributed by atoms with Gasteiger partial charge in [0.05, 0.1) is 12.0 Å². The van der Waals surface area contributed by atoms with Gasteiger partial charge in [-0.3, -0.25) is 9.69 Å². The molecule has 5 heteroatoms. The predicted molar refractivity (Wildman–Crippen MR) is 103 cm³/mol. The highest BCUT2D eigenvalue weighted by Gasteiger charge is 2.46. The Labute approximate surface area is 161 Å². The molecule has 0 spiro atoms. The molecule has 0 radical (unpaired) electrons. The van der Waals surface area contributed by atoms with Crippen LogP contribution >= 0.6 is 11.6 Å².